The minimum absolute atomic E-state index is 0.203. The number of fused-ring (bicyclic) bond motifs is 2. The second-order valence-corrected chi connectivity index (χ2v) is 7.28. The van der Waals surface area contributed by atoms with E-state index in [0.717, 1.165) is 55.6 Å². The van der Waals surface area contributed by atoms with Crippen molar-refractivity contribution in [2.24, 2.45) is 0 Å². The van der Waals surface area contributed by atoms with Crippen molar-refractivity contribution >= 4 is 0 Å². The number of aliphatic hydroxyl groups excluding tert-OH is 2. The first-order chi connectivity index (χ1) is 13.1. The van der Waals surface area contributed by atoms with Crippen molar-refractivity contribution in [3.63, 3.8) is 0 Å². The van der Waals surface area contributed by atoms with Gasteiger partial charge in [0.05, 0.1) is 30.6 Å². The number of β-amino-alcohol motifs (C(OH)–C–C–N with tert-alkyl or cyclic N) is 1. The van der Waals surface area contributed by atoms with Crippen molar-refractivity contribution in [3.05, 3.63) is 41.2 Å². The molecule has 27 heavy (non-hydrogen) atoms. The van der Waals surface area contributed by atoms with E-state index < -0.39 is 6.10 Å². The molecule has 1 atom stereocenters. The molecule has 0 spiro atoms. The summed E-state index contributed by atoms with van der Waals surface area (Å²) in [7, 11) is 2.08. The van der Waals surface area contributed by atoms with E-state index in [0.29, 0.717) is 13.3 Å². The summed E-state index contributed by atoms with van der Waals surface area (Å²) in [6, 6.07) is 8.18. The molecule has 2 aliphatic rings. The molecule has 0 aliphatic carbocycles. The lowest BCUT2D eigenvalue weighted by atomic mass is 10.2. The van der Waals surface area contributed by atoms with Gasteiger partial charge >= 0.3 is 0 Å². The zero-order valence-corrected chi connectivity index (χ0v) is 15.5. The molecule has 2 aromatic rings. The zero-order chi connectivity index (χ0) is 18.8. The normalized spacial score (nSPS) is 17.3. The zero-order valence-electron chi connectivity index (χ0n) is 15.5. The molecule has 0 bridgehead atoms. The number of aromatic nitrogens is 2. The Hall–Kier alpha value is -2.13. The third-order valence-corrected chi connectivity index (χ3v) is 4.93. The summed E-state index contributed by atoms with van der Waals surface area (Å²) < 4.78 is 12.9. The lowest BCUT2D eigenvalue weighted by molar-refractivity contribution is 0.0499. The molecule has 1 aromatic carbocycles. The van der Waals surface area contributed by atoms with Crippen LogP contribution >= 0.6 is 0 Å². The van der Waals surface area contributed by atoms with Crippen molar-refractivity contribution in [3.8, 4) is 11.5 Å². The average molecular weight is 374 g/mol. The Bertz CT molecular complexity index is 794. The van der Waals surface area contributed by atoms with Gasteiger partial charge in [0.25, 0.3) is 0 Å². The Balaban J connectivity index is 1.35. The minimum atomic E-state index is -0.688. The number of hydrogen-bond donors (Lipinski definition) is 2. The molecule has 0 unspecified atom stereocenters. The monoisotopic (exact) mass is 374 g/mol. The van der Waals surface area contributed by atoms with E-state index in [9.17, 15) is 5.11 Å². The maximum absolute atomic E-state index is 9.64. The molecular formula is C19H26N4O4. The van der Waals surface area contributed by atoms with Gasteiger partial charge < -0.3 is 19.7 Å². The van der Waals surface area contributed by atoms with Crippen LogP contribution < -0.4 is 9.47 Å². The summed E-state index contributed by atoms with van der Waals surface area (Å²) in [5.41, 5.74) is 3.37. The standard InChI is InChI=1S/C19H26N4O4/c1-21(8-14-2-3-18-19(6-14)27-13-26-18)9-15-7-16-10-22(11-17(25)12-24)4-5-23(16)20-15/h2-3,6-7,17,24-25H,4-5,8-13H2,1H3/t17-/m0/s1. The van der Waals surface area contributed by atoms with Gasteiger partial charge in [0.1, 0.15) is 0 Å². The molecule has 8 nitrogen and oxygen atoms in total. The molecule has 2 aliphatic heterocycles. The van der Waals surface area contributed by atoms with Gasteiger partial charge in [-0.2, -0.15) is 5.10 Å². The fraction of sp³-hybridized carbons (Fsp3) is 0.526. The van der Waals surface area contributed by atoms with Crippen molar-refractivity contribution < 1.29 is 19.7 Å². The van der Waals surface area contributed by atoms with E-state index in [-0.39, 0.29) is 6.61 Å². The summed E-state index contributed by atoms with van der Waals surface area (Å²) in [6.07, 6.45) is -0.688. The Morgan fingerprint density at radius 3 is 2.89 bits per heavy atom. The van der Waals surface area contributed by atoms with Crippen molar-refractivity contribution in [1.82, 2.24) is 19.6 Å². The van der Waals surface area contributed by atoms with Crippen LogP contribution in [0.2, 0.25) is 0 Å². The van der Waals surface area contributed by atoms with E-state index >= 15 is 0 Å². The second kappa shape index (κ2) is 7.85. The van der Waals surface area contributed by atoms with E-state index in [4.69, 9.17) is 19.7 Å². The first-order valence-electron chi connectivity index (χ1n) is 9.24. The topological polar surface area (TPSA) is 83.2 Å². The van der Waals surface area contributed by atoms with Crippen molar-refractivity contribution in [2.75, 3.05) is 33.5 Å². The minimum Gasteiger partial charge on any atom is -0.454 e. The van der Waals surface area contributed by atoms with Gasteiger partial charge in [-0.25, -0.2) is 0 Å². The van der Waals surface area contributed by atoms with E-state index in [1.807, 2.05) is 16.8 Å². The molecule has 0 radical (unpaired) electrons. The predicted molar refractivity (Wildman–Crippen MR) is 98.3 cm³/mol. The summed E-state index contributed by atoms with van der Waals surface area (Å²) in [6.45, 7) is 4.52. The smallest absolute Gasteiger partial charge is 0.231 e. The van der Waals surface area contributed by atoms with Crippen LogP contribution in [0.3, 0.4) is 0 Å². The first kappa shape index (κ1) is 18.2. The van der Waals surface area contributed by atoms with Gasteiger partial charge in [-0.1, -0.05) is 6.07 Å². The highest BCUT2D eigenvalue weighted by Crippen LogP contribution is 2.32. The third-order valence-electron chi connectivity index (χ3n) is 4.93. The fourth-order valence-electron chi connectivity index (χ4n) is 3.65. The molecule has 4 rings (SSSR count). The second-order valence-electron chi connectivity index (χ2n) is 7.28. The summed E-state index contributed by atoms with van der Waals surface area (Å²) >= 11 is 0. The molecule has 0 amide bonds. The van der Waals surface area contributed by atoms with Crippen LogP contribution in [0.4, 0.5) is 0 Å². The van der Waals surface area contributed by atoms with Gasteiger partial charge in [0.2, 0.25) is 6.79 Å². The number of benzene rings is 1. The van der Waals surface area contributed by atoms with Gasteiger partial charge in [-0.3, -0.25) is 14.5 Å². The predicted octanol–water partition coefficient (Wildman–Crippen LogP) is 0.413. The highest BCUT2D eigenvalue weighted by molar-refractivity contribution is 5.44. The van der Waals surface area contributed by atoms with Gasteiger partial charge in [0.15, 0.2) is 11.5 Å². The van der Waals surface area contributed by atoms with Crippen LogP contribution in [0.15, 0.2) is 24.3 Å². The van der Waals surface area contributed by atoms with E-state index in [1.54, 1.807) is 0 Å². The SMILES string of the molecule is CN(Cc1ccc2c(c1)OCO2)Cc1cc2n(n1)CCN(C[C@H](O)CO)C2. The number of ether oxygens (including phenoxy) is 2. The molecule has 2 N–H and O–H groups in total. The Morgan fingerprint density at radius 1 is 1.19 bits per heavy atom. The maximum Gasteiger partial charge on any atom is 0.231 e. The maximum atomic E-state index is 9.64. The Kier molecular flexibility index (Phi) is 5.31. The quantitative estimate of drug-likeness (QED) is 0.726. The number of rotatable bonds is 7. The lowest BCUT2D eigenvalue weighted by Crippen LogP contribution is -2.39. The molecule has 0 saturated carbocycles. The highest BCUT2D eigenvalue weighted by Gasteiger charge is 2.21. The fourth-order valence-corrected chi connectivity index (χ4v) is 3.65. The Morgan fingerprint density at radius 2 is 2.04 bits per heavy atom. The molecular weight excluding hydrogens is 348 g/mol. The van der Waals surface area contributed by atoms with Crippen LogP contribution in [0.5, 0.6) is 11.5 Å². The summed E-state index contributed by atoms with van der Waals surface area (Å²) in [4.78, 5) is 4.37. The highest BCUT2D eigenvalue weighted by atomic mass is 16.7. The van der Waals surface area contributed by atoms with Crippen molar-refractivity contribution in [1.29, 1.82) is 0 Å². The number of aliphatic hydroxyl groups is 2. The van der Waals surface area contributed by atoms with Gasteiger partial charge in [-0.05, 0) is 30.8 Å². The average Bonchev–Trinajstić information content (AvgIpc) is 3.26. The Labute approximate surface area is 158 Å². The summed E-state index contributed by atoms with van der Waals surface area (Å²) in [5, 5.41) is 23.4. The van der Waals surface area contributed by atoms with Crippen LogP contribution in [-0.4, -0.2) is 69.4 Å². The molecule has 0 saturated heterocycles. The first-order valence-corrected chi connectivity index (χ1v) is 9.24. The van der Waals surface area contributed by atoms with Gasteiger partial charge in [0, 0.05) is 32.7 Å². The molecule has 8 heteroatoms. The van der Waals surface area contributed by atoms with Crippen molar-refractivity contribution in [2.45, 2.75) is 32.3 Å². The lowest BCUT2D eigenvalue weighted by Gasteiger charge is -2.28. The van der Waals surface area contributed by atoms with Crippen LogP contribution in [0.1, 0.15) is 17.0 Å². The van der Waals surface area contributed by atoms with E-state index in [1.165, 1.54) is 5.56 Å². The molecule has 146 valence electrons. The largest absolute Gasteiger partial charge is 0.454 e. The third kappa shape index (κ3) is 4.24. The van der Waals surface area contributed by atoms with Crippen LogP contribution in [0, 0.1) is 0 Å². The van der Waals surface area contributed by atoms with E-state index in [2.05, 4.69) is 29.0 Å². The number of hydrogen-bond acceptors (Lipinski definition) is 7. The summed E-state index contributed by atoms with van der Waals surface area (Å²) in [5.74, 6) is 1.61. The van der Waals surface area contributed by atoms with Crippen LogP contribution in [-0.2, 0) is 26.2 Å². The van der Waals surface area contributed by atoms with Gasteiger partial charge in [-0.15, -0.1) is 0 Å². The molecule has 0 fully saturated rings. The van der Waals surface area contributed by atoms with Crippen LogP contribution in [0.25, 0.3) is 0 Å². The number of nitrogens with zero attached hydrogens (tertiary/aromatic N) is 4. The molecule has 3 heterocycles. The molecule has 1 aromatic heterocycles.